The molecule has 8 nitrogen and oxygen atoms in total. The topological polar surface area (TPSA) is 108 Å². The summed E-state index contributed by atoms with van der Waals surface area (Å²) in [6.45, 7) is 7.21. The second-order valence-electron chi connectivity index (χ2n) is 8.50. The molecule has 3 amide bonds. The number of ether oxygens (including phenoxy) is 1. The highest BCUT2D eigenvalue weighted by Gasteiger charge is 2.78. The summed E-state index contributed by atoms with van der Waals surface area (Å²) in [6, 6.07) is -1.42. The standard InChI is InChI=1S/C19H31N3O5/c1-6-11(9-23)22-14(16(25)21-10(2)3)19-8-7-18(4,27-19)12(15(24)20-5)13(19)17(22)26/h10-14,23H,6-9H2,1-5H3,(H,20,24)(H,21,25)/t11-,12+,13-,14?,18-,19?/m0/s1. The lowest BCUT2D eigenvalue weighted by Gasteiger charge is -2.37. The number of nitrogens with zero attached hydrogens (tertiary/aromatic N) is 1. The van der Waals surface area contributed by atoms with Gasteiger partial charge in [-0.25, -0.2) is 0 Å². The number of carbonyl (C=O) groups excluding carboxylic acids is 3. The van der Waals surface area contributed by atoms with Crippen molar-refractivity contribution in [3.05, 3.63) is 0 Å². The van der Waals surface area contributed by atoms with Crippen LogP contribution in [0.3, 0.4) is 0 Å². The zero-order chi connectivity index (χ0) is 20.1. The third kappa shape index (κ3) is 2.68. The van der Waals surface area contributed by atoms with Crippen molar-refractivity contribution in [2.24, 2.45) is 11.8 Å². The molecule has 2 unspecified atom stereocenters. The molecule has 3 aliphatic rings. The summed E-state index contributed by atoms with van der Waals surface area (Å²) < 4.78 is 6.40. The Morgan fingerprint density at radius 1 is 1.33 bits per heavy atom. The minimum absolute atomic E-state index is 0.0944. The van der Waals surface area contributed by atoms with Crippen LogP contribution in [0.5, 0.6) is 0 Å². The zero-order valence-electron chi connectivity index (χ0n) is 16.7. The van der Waals surface area contributed by atoms with Crippen LogP contribution in [0.1, 0.15) is 47.0 Å². The highest BCUT2D eigenvalue weighted by molar-refractivity contribution is 5.99. The molecule has 6 atom stereocenters. The predicted molar refractivity (Wildman–Crippen MR) is 97.6 cm³/mol. The quantitative estimate of drug-likeness (QED) is 0.590. The smallest absolute Gasteiger partial charge is 0.246 e. The third-order valence-corrected chi connectivity index (χ3v) is 6.50. The molecule has 152 valence electrons. The number of fused-ring (bicyclic) bond motifs is 1. The summed E-state index contributed by atoms with van der Waals surface area (Å²) in [4.78, 5) is 40.8. The summed E-state index contributed by atoms with van der Waals surface area (Å²) >= 11 is 0. The molecule has 0 aromatic carbocycles. The molecule has 3 aliphatic heterocycles. The van der Waals surface area contributed by atoms with Crippen LogP contribution >= 0.6 is 0 Å². The minimum atomic E-state index is -1.02. The zero-order valence-corrected chi connectivity index (χ0v) is 16.7. The van der Waals surface area contributed by atoms with E-state index >= 15 is 0 Å². The van der Waals surface area contributed by atoms with Crippen LogP contribution in [0, 0.1) is 11.8 Å². The number of likely N-dealkylation sites (tertiary alicyclic amines) is 1. The molecule has 0 aromatic rings. The lowest BCUT2D eigenvalue weighted by atomic mass is 9.66. The number of hydrogen-bond acceptors (Lipinski definition) is 5. The van der Waals surface area contributed by atoms with Gasteiger partial charge in [-0.2, -0.15) is 0 Å². The molecule has 3 rings (SSSR count). The number of aliphatic hydroxyl groups is 1. The van der Waals surface area contributed by atoms with Crippen molar-refractivity contribution in [1.29, 1.82) is 0 Å². The molecule has 0 saturated carbocycles. The maximum atomic E-state index is 13.5. The lowest BCUT2D eigenvalue weighted by molar-refractivity contribution is -0.149. The fraction of sp³-hybridized carbons (Fsp3) is 0.842. The van der Waals surface area contributed by atoms with Crippen molar-refractivity contribution in [3.8, 4) is 0 Å². The molecule has 27 heavy (non-hydrogen) atoms. The SMILES string of the molecule is CC[C@@H](CO)N1C(=O)[C@@H]2[C@H](C(=O)NC)[C@]3(C)CCC2(O3)C1C(=O)NC(C)C. The molecule has 2 bridgehead atoms. The van der Waals surface area contributed by atoms with Crippen LogP contribution in [0.25, 0.3) is 0 Å². The van der Waals surface area contributed by atoms with Gasteiger partial charge < -0.3 is 25.4 Å². The summed E-state index contributed by atoms with van der Waals surface area (Å²) in [7, 11) is 1.55. The Kier molecular flexibility index (Phi) is 5.01. The van der Waals surface area contributed by atoms with Crippen molar-refractivity contribution >= 4 is 17.7 Å². The van der Waals surface area contributed by atoms with Crippen molar-refractivity contribution in [1.82, 2.24) is 15.5 Å². The van der Waals surface area contributed by atoms with Crippen LogP contribution in [-0.4, -0.2) is 70.7 Å². The highest BCUT2D eigenvalue weighted by atomic mass is 16.5. The van der Waals surface area contributed by atoms with Crippen molar-refractivity contribution in [2.45, 2.75) is 76.3 Å². The first-order chi connectivity index (χ1) is 12.7. The molecule has 3 N–H and O–H groups in total. The first kappa shape index (κ1) is 20.1. The van der Waals surface area contributed by atoms with Gasteiger partial charge in [0.05, 0.1) is 30.1 Å². The van der Waals surface area contributed by atoms with Gasteiger partial charge >= 0.3 is 0 Å². The van der Waals surface area contributed by atoms with Gasteiger partial charge in [-0.3, -0.25) is 14.4 Å². The van der Waals surface area contributed by atoms with Crippen LogP contribution < -0.4 is 10.6 Å². The van der Waals surface area contributed by atoms with E-state index in [1.165, 1.54) is 4.90 Å². The summed E-state index contributed by atoms with van der Waals surface area (Å²) in [5.41, 5.74) is -1.78. The fourth-order valence-corrected chi connectivity index (χ4v) is 5.39. The normalized spacial score (nSPS) is 38.3. The Balaban J connectivity index is 2.11. The lowest BCUT2D eigenvalue weighted by Crippen LogP contribution is -2.58. The molecule has 0 aliphatic carbocycles. The van der Waals surface area contributed by atoms with Crippen LogP contribution in [0.2, 0.25) is 0 Å². The van der Waals surface area contributed by atoms with E-state index in [9.17, 15) is 19.5 Å². The van der Waals surface area contributed by atoms with Gasteiger partial charge in [-0.1, -0.05) is 6.92 Å². The van der Waals surface area contributed by atoms with E-state index < -0.39 is 35.1 Å². The second kappa shape index (κ2) is 6.74. The molecule has 0 aromatic heterocycles. The van der Waals surface area contributed by atoms with E-state index in [4.69, 9.17) is 4.74 Å². The van der Waals surface area contributed by atoms with Crippen LogP contribution in [-0.2, 0) is 19.1 Å². The monoisotopic (exact) mass is 381 g/mol. The summed E-state index contributed by atoms with van der Waals surface area (Å²) in [5, 5.41) is 15.4. The average molecular weight is 381 g/mol. The molecule has 3 saturated heterocycles. The van der Waals surface area contributed by atoms with E-state index in [-0.39, 0.29) is 30.4 Å². The Hall–Kier alpha value is -1.67. The minimum Gasteiger partial charge on any atom is -0.394 e. The number of carbonyl (C=O) groups is 3. The summed E-state index contributed by atoms with van der Waals surface area (Å²) in [5.74, 6) is -2.13. The maximum Gasteiger partial charge on any atom is 0.246 e. The molecular formula is C19H31N3O5. The first-order valence-electron chi connectivity index (χ1n) is 9.82. The number of aliphatic hydroxyl groups excluding tert-OH is 1. The van der Waals surface area contributed by atoms with Crippen LogP contribution in [0.4, 0.5) is 0 Å². The third-order valence-electron chi connectivity index (χ3n) is 6.50. The van der Waals surface area contributed by atoms with Gasteiger partial charge in [0.1, 0.15) is 11.6 Å². The molecule has 3 fully saturated rings. The Morgan fingerprint density at radius 2 is 2.00 bits per heavy atom. The van der Waals surface area contributed by atoms with Gasteiger partial charge in [-0.05, 0) is 40.0 Å². The van der Waals surface area contributed by atoms with Crippen LogP contribution in [0.15, 0.2) is 0 Å². The molecule has 0 radical (unpaired) electrons. The number of nitrogens with one attached hydrogen (secondary N) is 2. The molecule has 3 heterocycles. The van der Waals surface area contributed by atoms with Gasteiger partial charge in [0.15, 0.2) is 0 Å². The van der Waals surface area contributed by atoms with E-state index in [1.807, 2.05) is 27.7 Å². The largest absolute Gasteiger partial charge is 0.394 e. The number of rotatable bonds is 6. The molecule has 8 heteroatoms. The fourth-order valence-electron chi connectivity index (χ4n) is 5.39. The van der Waals surface area contributed by atoms with E-state index in [1.54, 1.807) is 7.05 Å². The van der Waals surface area contributed by atoms with Gasteiger partial charge in [-0.15, -0.1) is 0 Å². The maximum absolute atomic E-state index is 13.5. The molecule has 1 spiro atoms. The van der Waals surface area contributed by atoms with Crippen molar-refractivity contribution in [3.63, 3.8) is 0 Å². The number of amides is 3. The Labute approximate surface area is 160 Å². The van der Waals surface area contributed by atoms with Crippen molar-refractivity contribution < 1.29 is 24.2 Å². The van der Waals surface area contributed by atoms with Gasteiger partial charge in [0.25, 0.3) is 0 Å². The van der Waals surface area contributed by atoms with Crippen molar-refractivity contribution in [2.75, 3.05) is 13.7 Å². The Bertz CT molecular complexity index is 649. The average Bonchev–Trinajstić information content (AvgIpc) is 3.16. The second-order valence-corrected chi connectivity index (χ2v) is 8.50. The van der Waals surface area contributed by atoms with E-state index in [0.717, 1.165) is 0 Å². The van der Waals surface area contributed by atoms with Gasteiger partial charge in [0, 0.05) is 13.1 Å². The highest BCUT2D eigenvalue weighted by Crippen LogP contribution is 2.63. The molecular weight excluding hydrogens is 350 g/mol. The Morgan fingerprint density at radius 3 is 2.52 bits per heavy atom. The van der Waals surface area contributed by atoms with E-state index in [0.29, 0.717) is 19.3 Å². The van der Waals surface area contributed by atoms with Gasteiger partial charge in [0.2, 0.25) is 17.7 Å². The first-order valence-corrected chi connectivity index (χ1v) is 9.82. The summed E-state index contributed by atoms with van der Waals surface area (Å²) in [6.07, 6.45) is 1.67. The predicted octanol–water partition coefficient (Wildman–Crippen LogP) is -0.207. The number of hydrogen-bond donors (Lipinski definition) is 3. The van der Waals surface area contributed by atoms with E-state index in [2.05, 4.69) is 10.6 Å².